The number of hydrogen-bond acceptors (Lipinski definition) is 15. The van der Waals surface area contributed by atoms with Crippen LogP contribution in [0.25, 0.3) is 12.2 Å². The molecule has 0 N–H and O–H groups in total. The van der Waals surface area contributed by atoms with Crippen LogP contribution in [0, 0.1) is 0 Å². The molecule has 290 valence electrons. The predicted octanol–water partition coefficient (Wildman–Crippen LogP) is 7.60. The van der Waals surface area contributed by atoms with E-state index in [-0.39, 0.29) is 87.1 Å². The molecule has 0 aliphatic heterocycles. The topological polar surface area (TPSA) is 185 Å². The van der Waals surface area contributed by atoms with Gasteiger partial charge in [-0.15, -0.1) is 0 Å². The maximum Gasteiger partial charge on any atom is 0.513 e. The molecular weight excluding hydrogens is 696 g/mol. The van der Waals surface area contributed by atoms with Crippen LogP contribution < -0.4 is 14.2 Å². The molecular formula is C38H48O15. The number of esters is 3. The molecule has 0 bridgehead atoms. The van der Waals surface area contributed by atoms with E-state index in [1.54, 1.807) is 78.0 Å². The van der Waals surface area contributed by atoms with Crippen LogP contribution in [0.4, 0.5) is 14.4 Å². The fourth-order valence-corrected chi connectivity index (χ4v) is 4.05. The molecule has 0 fully saturated rings. The normalized spacial score (nSPS) is 12.4. The molecule has 15 nitrogen and oxygen atoms in total. The lowest BCUT2D eigenvalue weighted by Crippen LogP contribution is -2.19. The number of hydrogen-bond donors (Lipinski definition) is 0. The summed E-state index contributed by atoms with van der Waals surface area (Å²) in [5, 5.41) is 0. The quantitative estimate of drug-likeness (QED) is 0.0558. The number of rotatable bonds is 20. The van der Waals surface area contributed by atoms with E-state index < -0.39 is 36.8 Å². The van der Waals surface area contributed by atoms with Crippen LogP contribution in [-0.2, 0) is 42.8 Å². The molecule has 3 unspecified atom stereocenters. The van der Waals surface area contributed by atoms with Crippen LogP contribution in [0.5, 0.6) is 17.2 Å². The van der Waals surface area contributed by atoms with Gasteiger partial charge in [0, 0.05) is 44.6 Å². The largest absolute Gasteiger partial charge is 0.513 e. The monoisotopic (exact) mass is 744 g/mol. The van der Waals surface area contributed by atoms with Crippen molar-refractivity contribution < 1.29 is 71.4 Å². The molecule has 0 aliphatic carbocycles. The van der Waals surface area contributed by atoms with E-state index in [1.165, 1.54) is 18.2 Å². The minimum absolute atomic E-state index is 0.00644. The van der Waals surface area contributed by atoms with Crippen molar-refractivity contribution in [1.29, 1.82) is 0 Å². The van der Waals surface area contributed by atoms with E-state index in [0.29, 0.717) is 17.5 Å². The van der Waals surface area contributed by atoms with Crippen LogP contribution in [-0.4, -0.2) is 74.5 Å². The molecule has 0 saturated heterocycles. The molecule has 0 radical (unpaired) electrons. The van der Waals surface area contributed by atoms with Crippen LogP contribution in [0.15, 0.2) is 42.5 Å². The SMILES string of the molecule is CCC(=O)OC(C)CCOC(=O)Oc1ccc(/C=C/c2cc(OC(=O)OCCC(C)OC(=O)CC)cc(OC(=O)OCCC(C)OC(=O)CC)c2)cc1. The van der Waals surface area contributed by atoms with Crippen LogP contribution >= 0.6 is 0 Å². The van der Waals surface area contributed by atoms with E-state index in [2.05, 4.69) is 0 Å². The summed E-state index contributed by atoms with van der Waals surface area (Å²) in [6.07, 6.45) is 0.565. The fraction of sp³-hybridized carbons (Fsp3) is 0.474. The molecule has 0 amide bonds. The second-order valence-corrected chi connectivity index (χ2v) is 11.6. The summed E-state index contributed by atoms with van der Waals surface area (Å²) in [6.45, 7) is 9.93. The van der Waals surface area contributed by atoms with Gasteiger partial charge in [0.15, 0.2) is 0 Å². The molecule has 0 saturated carbocycles. The lowest BCUT2D eigenvalue weighted by Gasteiger charge is -2.13. The Morgan fingerprint density at radius 1 is 0.491 bits per heavy atom. The third kappa shape index (κ3) is 19.0. The van der Waals surface area contributed by atoms with Crippen molar-refractivity contribution in [3.8, 4) is 17.2 Å². The number of carbonyl (C=O) groups is 6. The van der Waals surface area contributed by atoms with Crippen molar-refractivity contribution in [2.75, 3.05) is 19.8 Å². The zero-order valence-electron chi connectivity index (χ0n) is 30.9. The first-order chi connectivity index (χ1) is 25.3. The molecule has 0 heterocycles. The Morgan fingerprint density at radius 3 is 1.19 bits per heavy atom. The third-order valence-corrected chi connectivity index (χ3v) is 6.95. The zero-order valence-corrected chi connectivity index (χ0v) is 30.9. The first-order valence-corrected chi connectivity index (χ1v) is 17.4. The van der Waals surface area contributed by atoms with Gasteiger partial charge in [0.25, 0.3) is 0 Å². The van der Waals surface area contributed by atoms with Crippen molar-refractivity contribution >= 4 is 48.5 Å². The standard InChI is InChI=1S/C38H48O15/c1-7-33(39)48-25(4)16-19-45-36(42)51-30-14-12-28(13-15-30)10-11-29-22-31(52-37(43)46-20-17-26(5)49-34(40)8-2)24-32(23-29)53-38(44)47-21-18-27(6)50-35(41)9-3/h10-15,22-27H,7-9,16-21H2,1-6H3/b11-10+. The minimum Gasteiger partial charge on any atom is -0.463 e. The number of ether oxygens (including phenoxy) is 9. The van der Waals surface area contributed by atoms with E-state index in [1.807, 2.05) is 0 Å². The van der Waals surface area contributed by atoms with Gasteiger partial charge in [-0.1, -0.05) is 45.1 Å². The predicted molar refractivity (Wildman–Crippen MR) is 189 cm³/mol. The Bertz CT molecular complexity index is 1470. The van der Waals surface area contributed by atoms with E-state index in [4.69, 9.17) is 42.6 Å². The molecule has 2 rings (SSSR count). The van der Waals surface area contributed by atoms with Crippen LogP contribution in [0.1, 0.15) is 91.2 Å². The van der Waals surface area contributed by atoms with Gasteiger partial charge >= 0.3 is 36.4 Å². The lowest BCUT2D eigenvalue weighted by molar-refractivity contribution is -0.149. The average Bonchev–Trinajstić information content (AvgIpc) is 3.10. The van der Waals surface area contributed by atoms with Gasteiger partial charge in [-0.05, 0) is 56.2 Å². The molecule has 2 aromatic rings. The van der Waals surface area contributed by atoms with Crippen LogP contribution in [0.3, 0.4) is 0 Å². The first-order valence-electron chi connectivity index (χ1n) is 17.4. The first kappa shape index (κ1) is 43.6. The zero-order chi connectivity index (χ0) is 39.2. The fourth-order valence-electron chi connectivity index (χ4n) is 4.05. The maximum atomic E-state index is 12.4. The van der Waals surface area contributed by atoms with E-state index in [0.717, 1.165) is 0 Å². The second kappa shape index (κ2) is 23.8. The van der Waals surface area contributed by atoms with Crippen molar-refractivity contribution in [3.63, 3.8) is 0 Å². The smallest absolute Gasteiger partial charge is 0.463 e. The third-order valence-electron chi connectivity index (χ3n) is 6.95. The van der Waals surface area contributed by atoms with Gasteiger partial charge in [0.2, 0.25) is 0 Å². The van der Waals surface area contributed by atoms with Crippen molar-refractivity contribution in [1.82, 2.24) is 0 Å². The second-order valence-electron chi connectivity index (χ2n) is 11.6. The summed E-state index contributed by atoms with van der Waals surface area (Å²) in [6, 6.07) is 10.8. The highest BCUT2D eigenvalue weighted by Crippen LogP contribution is 2.26. The number of benzene rings is 2. The van der Waals surface area contributed by atoms with Crippen LogP contribution in [0.2, 0.25) is 0 Å². The summed E-state index contributed by atoms with van der Waals surface area (Å²) in [4.78, 5) is 71.2. The Labute approximate surface area is 308 Å². The Kier molecular flexibility index (Phi) is 19.6. The number of carbonyl (C=O) groups excluding carboxylic acids is 6. The maximum absolute atomic E-state index is 12.4. The molecule has 53 heavy (non-hydrogen) atoms. The minimum atomic E-state index is -1.03. The van der Waals surface area contributed by atoms with Gasteiger partial charge in [-0.3, -0.25) is 14.4 Å². The molecule has 2 aromatic carbocycles. The summed E-state index contributed by atoms with van der Waals surface area (Å²) in [5.74, 6) is -0.862. The van der Waals surface area contributed by atoms with Gasteiger partial charge in [0.1, 0.15) is 35.6 Å². The highest BCUT2D eigenvalue weighted by Gasteiger charge is 2.16. The van der Waals surface area contributed by atoms with Gasteiger partial charge in [-0.2, -0.15) is 0 Å². The van der Waals surface area contributed by atoms with Crippen molar-refractivity contribution in [2.45, 2.75) is 98.4 Å². The molecule has 15 heteroatoms. The molecule has 0 aliphatic rings. The van der Waals surface area contributed by atoms with Gasteiger partial charge < -0.3 is 42.6 Å². The average molecular weight is 745 g/mol. The molecule has 0 spiro atoms. The lowest BCUT2D eigenvalue weighted by atomic mass is 10.1. The Morgan fingerprint density at radius 2 is 0.830 bits per heavy atom. The van der Waals surface area contributed by atoms with Crippen molar-refractivity contribution in [2.24, 2.45) is 0 Å². The summed E-state index contributed by atoms with van der Waals surface area (Å²) in [5.41, 5.74) is 1.15. The Hall–Kier alpha value is -5.60. The van der Waals surface area contributed by atoms with E-state index >= 15 is 0 Å². The molecule has 0 aromatic heterocycles. The summed E-state index contributed by atoms with van der Waals surface area (Å²) in [7, 11) is 0. The van der Waals surface area contributed by atoms with E-state index in [9.17, 15) is 28.8 Å². The molecule has 3 atom stereocenters. The summed E-state index contributed by atoms with van der Waals surface area (Å²) >= 11 is 0. The highest BCUT2D eigenvalue weighted by molar-refractivity contribution is 5.74. The summed E-state index contributed by atoms with van der Waals surface area (Å²) < 4.78 is 46.6. The van der Waals surface area contributed by atoms with Gasteiger partial charge in [-0.25, -0.2) is 14.4 Å². The van der Waals surface area contributed by atoms with Gasteiger partial charge in [0.05, 0.1) is 19.8 Å². The van der Waals surface area contributed by atoms with Crippen molar-refractivity contribution in [3.05, 3.63) is 53.6 Å². The highest BCUT2D eigenvalue weighted by atomic mass is 16.7. The Balaban J connectivity index is 2.06.